The van der Waals surface area contributed by atoms with E-state index in [0.717, 1.165) is 11.1 Å². The number of rotatable bonds is 4. The summed E-state index contributed by atoms with van der Waals surface area (Å²) in [5.74, 6) is -0.345. The highest BCUT2D eigenvalue weighted by Crippen LogP contribution is 2.34. The maximum absolute atomic E-state index is 11.5. The second-order valence-corrected chi connectivity index (χ2v) is 5.88. The Labute approximate surface area is 123 Å². The topological polar surface area (TPSA) is 80.0 Å². The number of carboxylic acid groups (broad SMARTS) is 1. The fourth-order valence-corrected chi connectivity index (χ4v) is 3.01. The van der Waals surface area contributed by atoms with E-state index in [2.05, 4.69) is 22.3 Å². The molecule has 2 heterocycles. The van der Waals surface area contributed by atoms with E-state index in [1.165, 1.54) is 25.5 Å². The zero-order chi connectivity index (χ0) is 15.1. The third-order valence-corrected chi connectivity index (χ3v) is 4.49. The highest BCUT2D eigenvalue weighted by atomic mass is 16.4. The number of aromatic nitrogens is 3. The minimum Gasteiger partial charge on any atom is -0.478 e. The number of nitrogens with zero attached hydrogens (tertiary/aromatic N) is 3. The van der Waals surface area contributed by atoms with Crippen molar-refractivity contribution in [2.24, 2.45) is 13.0 Å². The molecule has 1 unspecified atom stereocenters. The molecule has 0 saturated heterocycles. The van der Waals surface area contributed by atoms with Crippen LogP contribution in [0.3, 0.4) is 0 Å². The first kappa shape index (κ1) is 13.9. The summed E-state index contributed by atoms with van der Waals surface area (Å²) in [7, 11) is 1.82. The number of fused-ring (bicyclic) bond motifs is 1. The first-order chi connectivity index (χ1) is 9.99. The Hall–Kier alpha value is -2.11. The van der Waals surface area contributed by atoms with E-state index >= 15 is 0 Å². The van der Waals surface area contributed by atoms with Gasteiger partial charge in [-0.2, -0.15) is 5.10 Å². The number of carboxylic acids is 1. The van der Waals surface area contributed by atoms with Gasteiger partial charge in [-0.15, -0.1) is 0 Å². The van der Waals surface area contributed by atoms with Gasteiger partial charge in [-0.05, 0) is 32.6 Å². The van der Waals surface area contributed by atoms with Crippen LogP contribution in [0.15, 0.2) is 6.20 Å². The predicted molar refractivity (Wildman–Crippen MR) is 80.6 cm³/mol. The highest BCUT2D eigenvalue weighted by molar-refractivity contribution is 6.04. The lowest BCUT2D eigenvalue weighted by Gasteiger charge is -2.33. The fourth-order valence-electron chi connectivity index (χ4n) is 3.01. The molecule has 2 N–H and O–H groups in total. The molecule has 1 aliphatic rings. The van der Waals surface area contributed by atoms with Gasteiger partial charge >= 0.3 is 5.97 Å². The largest absolute Gasteiger partial charge is 0.478 e. The standard InChI is InChI=1S/C15H20N4O2/c1-8(10-5-4-6-10)17-13-11(15(20)21)7-16-14-12(13)9(2)18-19(14)3/h7-8,10H,4-6H2,1-3H3,(H,16,17)(H,20,21). The highest BCUT2D eigenvalue weighted by Gasteiger charge is 2.27. The second-order valence-electron chi connectivity index (χ2n) is 5.88. The summed E-state index contributed by atoms with van der Waals surface area (Å²) in [4.78, 5) is 15.8. The molecule has 2 aromatic rings. The van der Waals surface area contributed by atoms with Crippen LogP contribution in [0, 0.1) is 12.8 Å². The van der Waals surface area contributed by atoms with E-state index in [1.807, 2.05) is 14.0 Å². The van der Waals surface area contributed by atoms with Crippen molar-refractivity contribution in [3.63, 3.8) is 0 Å². The number of nitrogens with one attached hydrogen (secondary N) is 1. The lowest BCUT2D eigenvalue weighted by molar-refractivity contribution is 0.0697. The van der Waals surface area contributed by atoms with Crippen molar-refractivity contribution in [3.05, 3.63) is 17.5 Å². The van der Waals surface area contributed by atoms with Crippen LogP contribution in [-0.2, 0) is 7.05 Å². The molecule has 1 atom stereocenters. The molecule has 6 heteroatoms. The molecule has 0 radical (unpaired) electrons. The summed E-state index contributed by atoms with van der Waals surface area (Å²) in [6.45, 7) is 4.00. The number of carbonyl (C=O) groups is 1. The van der Waals surface area contributed by atoms with Crippen molar-refractivity contribution in [1.29, 1.82) is 0 Å². The van der Waals surface area contributed by atoms with Crippen molar-refractivity contribution >= 4 is 22.7 Å². The Morgan fingerprint density at radius 1 is 1.52 bits per heavy atom. The molecule has 1 fully saturated rings. The monoisotopic (exact) mass is 288 g/mol. The van der Waals surface area contributed by atoms with Crippen molar-refractivity contribution in [2.75, 3.05) is 5.32 Å². The molecule has 0 bridgehead atoms. The van der Waals surface area contributed by atoms with Crippen LogP contribution < -0.4 is 5.32 Å². The molecule has 3 rings (SSSR count). The first-order valence-corrected chi connectivity index (χ1v) is 7.31. The summed E-state index contributed by atoms with van der Waals surface area (Å²) in [5.41, 5.74) is 2.37. The van der Waals surface area contributed by atoms with Gasteiger partial charge in [0.25, 0.3) is 0 Å². The zero-order valence-corrected chi connectivity index (χ0v) is 12.6. The molecule has 21 heavy (non-hydrogen) atoms. The number of anilines is 1. The summed E-state index contributed by atoms with van der Waals surface area (Å²) in [5, 5.41) is 18.0. The smallest absolute Gasteiger partial charge is 0.339 e. The van der Waals surface area contributed by atoms with Gasteiger partial charge in [0.15, 0.2) is 5.65 Å². The number of hydrogen-bond donors (Lipinski definition) is 2. The SMILES string of the molecule is Cc1nn(C)c2ncc(C(=O)O)c(NC(C)C3CCC3)c12. The quantitative estimate of drug-likeness (QED) is 0.904. The van der Waals surface area contributed by atoms with Gasteiger partial charge in [0.1, 0.15) is 5.56 Å². The summed E-state index contributed by atoms with van der Waals surface area (Å²) >= 11 is 0. The summed E-state index contributed by atoms with van der Waals surface area (Å²) in [6.07, 6.45) is 5.09. The number of aromatic carboxylic acids is 1. The van der Waals surface area contributed by atoms with E-state index in [1.54, 1.807) is 4.68 Å². The fraction of sp³-hybridized carbons (Fsp3) is 0.533. The molecule has 112 valence electrons. The van der Waals surface area contributed by atoms with Crippen LogP contribution in [0.5, 0.6) is 0 Å². The van der Waals surface area contributed by atoms with Crippen molar-refractivity contribution in [1.82, 2.24) is 14.8 Å². The van der Waals surface area contributed by atoms with Gasteiger partial charge in [0.05, 0.1) is 16.8 Å². The second kappa shape index (κ2) is 5.02. The Bertz CT molecular complexity index is 703. The van der Waals surface area contributed by atoms with Gasteiger partial charge in [0.2, 0.25) is 0 Å². The maximum Gasteiger partial charge on any atom is 0.339 e. The minimum atomic E-state index is -0.962. The molecule has 1 aliphatic carbocycles. The van der Waals surface area contributed by atoms with Crippen LogP contribution in [0.1, 0.15) is 42.2 Å². The Morgan fingerprint density at radius 2 is 2.24 bits per heavy atom. The van der Waals surface area contributed by atoms with E-state index in [9.17, 15) is 9.90 Å². The molecule has 2 aromatic heterocycles. The van der Waals surface area contributed by atoms with E-state index < -0.39 is 5.97 Å². The van der Waals surface area contributed by atoms with E-state index in [-0.39, 0.29) is 11.6 Å². The van der Waals surface area contributed by atoms with Gasteiger partial charge in [0, 0.05) is 19.3 Å². The molecule has 0 spiro atoms. The molecule has 0 aromatic carbocycles. The van der Waals surface area contributed by atoms with Crippen LogP contribution in [0.25, 0.3) is 11.0 Å². The predicted octanol–water partition coefficient (Wildman–Crippen LogP) is 2.58. The molecular formula is C15H20N4O2. The van der Waals surface area contributed by atoms with Crippen molar-refractivity contribution < 1.29 is 9.90 Å². The van der Waals surface area contributed by atoms with Gasteiger partial charge in [-0.1, -0.05) is 6.42 Å². The third-order valence-electron chi connectivity index (χ3n) is 4.49. The van der Waals surface area contributed by atoms with Crippen LogP contribution >= 0.6 is 0 Å². The Kier molecular flexibility index (Phi) is 3.31. The van der Waals surface area contributed by atoms with E-state index in [4.69, 9.17) is 0 Å². The zero-order valence-electron chi connectivity index (χ0n) is 12.6. The van der Waals surface area contributed by atoms with Crippen LogP contribution in [0.2, 0.25) is 0 Å². The minimum absolute atomic E-state index is 0.213. The lowest BCUT2D eigenvalue weighted by Crippen LogP contribution is -2.31. The van der Waals surface area contributed by atoms with Gasteiger partial charge < -0.3 is 10.4 Å². The van der Waals surface area contributed by atoms with Crippen molar-refractivity contribution in [2.45, 2.75) is 39.2 Å². The number of hydrogen-bond acceptors (Lipinski definition) is 4. The average Bonchev–Trinajstić information content (AvgIpc) is 2.63. The average molecular weight is 288 g/mol. The third kappa shape index (κ3) is 2.24. The molecular weight excluding hydrogens is 268 g/mol. The molecule has 0 amide bonds. The lowest BCUT2D eigenvalue weighted by atomic mass is 9.80. The van der Waals surface area contributed by atoms with Gasteiger partial charge in [-0.25, -0.2) is 9.78 Å². The number of aryl methyl sites for hydroxylation is 2. The number of pyridine rings is 1. The van der Waals surface area contributed by atoms with E-state index in [0.29, 0.717) is 17.3 Å². The normalized spacial score (nSPS) is 16.7. The van der Waals surface area contributed by atoms with Crippen LogP contribution in [0.4, 0.5) is 5.69 Å². The molecule has 6 nitrogen and oxygen atoms in total. The Balaban J connectivity index is 2.11. The van der Waals surface area contributed by atoms with Crippen molar-refractivity contribution in [3.8, 4) is 0 Å². The first-order valence-electron chi connectivity index (χ1n) is 7.31. The molecule has 0 aliphatic heterocycles. The summed E-state index contributed by atoms with van der Waals surface area (Å²) in [6, 6.07) is 0.252. The molecule has 1 saturated carbocycles. The van der Waals surface area contributed by atoms with Crippen LogP contribution in [-0.4, -0.2) is 31.9 Å². The van der Waals surface area contributed by atoms with Gasteiger partial charge in [-0.3, -0.25) is 4.68 Å². The summed E-state index contributed by atoms with van der Waals surface area (Å²) < 4.78 is 1.69. The Morgan fingerprint density at radius 3 is 2.81 bits per heavy atom. The maximum atomic E-state index is 11.5.